The molecular formula is C17H17N3O5S. The smallest absolute Gasteiger partial charge is 0.310 e. The van der Waals surface area contributed by atoms with Gasteiger partial charge in [-0.2, -0.15) is 11.3 Å². The molecule has 2 heterocycles. The van der Waals surface area contributed by atoms with Crippen molar-refractivity contribution in [2.75, 3.05) is 13.1 Å². The van der Waals surface area contributed by atoms with E-state index in [1.54, 1.807) is 16.3 Å². The molecule has 1 fully saturated rings. The molecule has 0 bridgehead atoms. The predicted molar refractivity (Wildman–Crippen MR) is 95.5 cm³/mol. The number of hydrogen-bond donors (Lipinski definition) is 2. The van der Waals surface area contributed by atoms with Crippen LogP contribution in [0, 0.1) is 10.1 Å². The minimum atomic E-state index is -0.703. The van der Waals surface area contributed by atoms with E-state index in [1.165, 1.54) is 17.4 Å². The average molecular weight is 375 g/mol. The number of amides is 2. The first-order chi connectivity index (χ1) is 12.5. The molecule has 1 aliphatic heterocycles. The second-order valence-corrected chi connectivity index (χ2v) is 6.79. The lowest BCUT2D eigenvalue weighted by Gasteiger charge is -2.32. The minimum absolute atomic E-state index is 0.00304. The van der Waals surface area contributed by atoms with Gasteiger partial charge in [0.05, 0.1) is 4.92 Å². The van der Waals surface area contributed by atoms with Crippen LogP contribution in [-0.4, -0.2) is 45.9 Å². The number of likely N-dealkylation sites (tertiary alicyclic amines) is 1. The van der Waals surface area contributed by atoms with Crippen molar-refractivity contribution in [3.63, 3.8) is 0 Å². The molecule has 1 aromatic heterocycles. The average Bonchev–Trinajstić information content (AvgIpc) is 3.16. The number of carbonyl (C=O) groups excluding carboxylic acids is 2. The van der Waals surface area contributed by atoms with Crippen LogP contribution in [-0.2, 0) is 0 Å². The van der Waals surface area contributed by atoms with Crippen molar-refractivity contribution in [1.29, 1.82) is 0 Å². The van der Waals surface area contributed by atoms with E-state index >= 15 is 0 Å². The number of benzene rings is 1. The predicted octanol–water partition coefficient (Wildman–Crippen LogP) is 2.40. The number of nitro benzene ring substituents is 1. The van der Waals surface area contributed by atoms with E-state index in [0.29, 0.717) is 31.5 Å². The highest BCUT2D eigenvalue weighted by Gasteiger charge is 2.26. The molecule has 0 unspecified atom stereocenters. The first-order valence-corrected chi connectivity index (χ1v) is 8.99. The maximum atomic E-state index is 12.5. The van der Waals surface area contributed by atoms with E-state index in [2.05, 4.69) is 5.32 Å². The summed E-state index contributed by atoms with van der Waals surface area (Å²) in [5.74, 6) is -0.937. The lowest BCUT2D eigenvalue weighted by atomic mass is 10.0. The molecule has 0 saturated carbocycles. The summed E-state index contributed by atoms with van der Waals surface area (Å²) in [5, 5.41) is 27.0. The van der Waals surface area contributed by atoms with Crippen LogP contribution in [0.15, 0.2) is 35.0 Å². The van der Waals surface area contributed by atoms with Crippen LogP contribution in [0.2, 0.25) is 0 Å². The van der Waals surface area contributed by atoms with Gasteiger partial charge < -0.3 is 15.3 Å². The Hall–Kier alpha value is -2.94. The van der Waals surface area contributed by atoms with Gasteiger partial charge in [-0.05, 0) is 36.4 Å². The lowest BCUT2D eigenvalue weighted by molar-refractivity contribution is -0.385. The third-order valence-corrected chi connectivity index (χ3v) is 5.00. The lowest BCUT2D eigenvalue weighted by Crippen LogP contribution is -2.46. The number of rotatable bonds is 4. The largest absolute Gasteiger partial charge is 0.502 e. The number of thiophene rings is 1. The number of carbonyl (C=O) groups is 2. The Kier molecular flexibility index (Phi) is 5.17. The Morgan fingerprint density at radius 1 is 1.23 bits per heavy atom. The number of nitrogens with one attached hydrogen (secondary N) is 1. The molecule has 0 radical (unpaired) electrons. The van der Waals surface area contributed by atoms with Crippen molar-refractivity contribution >= 4 is 28.8 Å². The molecule has 2 aromatic rings. The number of phenolic OH excluding ortho intramolecular Hbond substituents is 1. The molecule has 0 atom stereocenters. The number of aromatic hydroxyl groups is 1. The van der Waals surface area contributed by atoms with Crippen molar-refractivity contribution in [2.24, 2.45) is 0 Å². The zero-order valence-electron chi connectivity index (χ0n) is 13.8. The number of piperidine rings is 1. The minimum Gasteiger partial charge on any atom is -0.502 e. The van der Waals surface area contributed by atoms with E-state index in [4.69, 9.17) is 0 Å². The highest BCUT2D eigenvalue weighted by molar-refractivity contribution is 7.08. The molecule has 136 valence electrons. The van der Waals surface area contributed by atoms with Gasteiger partial charge in [0.15, 0.2) is 5.75 Å². The van der Waals surface area contributed by atoms with Gasteiger partial charge in [0.2, 0.25) is 0 Å². The van der Waals surface area contributed by atoms with Gasteiger partial charge in [0, 0.05) is 41.7 Å². The van der Waals surface area contributed by atoms with Gasteiger partial charge in [-0.25, -0.2) is 0 Å². The third-order valence-electron chi connectivity index (χ3n) is 4.32. The molecule has 8 nitrogen and oxygen atoms in total. The van der Waals surface area contributed by atoms with Crippen molar-refractivity contribution in [3.8, 4) is 5.75 Å². The normalized spacial score (nSPS) is 14.8. The summed E-state index contributed by atoms with van der Waals surface area (Å²) < 4.78 is 0. The molecule has 0 aliphatic carbocycles. The standard InChI is InChI=1S/C17H17N3O5S/c21-15-9-11(1-2-14(15)20(24)25)17(23)19-6-3-13(4-7-19)18-16(22)12-5-8-26-10-12/h1-2,5,8-10,13,21H,3-4,6-7H2,(H,18,22). The van der Waals surface area contributed by atoms with E-state index in [1.807, 2.05) is 5.38 Å². The van der Waals surface area contributed by atoms with Crippen LogP contribution in [0.4, 0.5) is 5.69 Å². The molecule has 0 spiro atoms. The quantitative estimate of drug-likeness (QED) is 0.629. The summed E-state index contributed by atoms with van der Waals surface area (Å²) in [7, 11) is 0. The van der Waals surface area contributed by atoms with Crippen molar-refractivity contribution in [3.05, 3.63) is 56.3 Å². The van der Waals surface area contributed by atoms with Gasteiger partial charge in [0.25, 0.3) is 11.8 Å². The van der Waals surface area contributed by atoms with Crippen molar-refractivity contribution < 1.29 is 19.6 Å². The first kappa shape index (κ1) is 17.9. The van der Waals surface area contributed by atoms with Gasteiger partial charge >= 0.3 is 5.69 Å². The number of hydrogen-bond acceptors (Lipinski definition) is 6. The van der Waals surface area contributed by atoms with Gasteiger partial charge in [-0.1, -0.05) is 0 Å². The highest BCUT2D eigenvalue weighted by Crippen LogP contribution is 2.27. The molecule has 9 heteroatoms. The summed E-state index contributed by atoms with van der Waals surface area (Å²) in [5.41, 5.74) is 0.403. The fourth-order valence-electron chi connectivity index (χ4n) is 2.88. The Labute approximate surface area is 153 Å². The maximum absolute atomic E-state index is 12.5. The van der Waals surface area contributed by atoms with Gasteiger partial charge in [-0.15, -0.1) is 0 Å². The van der Waals surface area contributed by atoms with E-state index in [9.17, 15) is 24.8 Å². The molecule has 26 heavy (non-hydrogen) atoms. The molecule has 2 N–H and O–H groups in total. The molecule has 3 rings (SSSR count). The zero-order valence-corrected chi connectivity index (χ0v) is 14.6. The van der Waals surface area contributed by atoms with Crippen LogP contribution in [0.5, 0.6) is 5.75 Å². The van der Waals surface area contributed by atoms with Crippen LogP contribution in [0.25, 0.3) is 0 Å². The molecule has 1 saturated heterocycles. The second kappa shape index (κ2) is 7.52. The summed E-state index contributed by atoms with van der Waals surface area (Å²) in [6.45, 7) is 0.927. The second-order valence-electron chi connectivity index (χ2n) is 6.01. The number of nitrogens with zero attached hydrogens (tertiary/aromatic N) is 2. The fraction of sp³-hybridized carbons (Fsp3) is 0.294. The summed E-state index contributed by atoms with van der Waals surface area (Å²) in [6, 6.07) is 5.34. The van der Waals surface area contributed by atoms with Crippen LogP contribution in [0.3, 0.4) is 0 Å². The van der Waals surface area contributed by atoms with E-state index in [0.717, 1.165) is 12.1 Å². The highest BCUT2D eigenvalue weighted by atomic mass is 32.1. The Morgan fingerprint density at radius 3 is 2.54 bits per heavy atom. The molecule has 1 aliphatic rings. The zero-order chi connectivity index (χ0) is 18.7. The fourth-order valence-corrected chi connectivity index (χ4v) is 3.52. The number of nitro groups is 1. The summed E-state index contributed by atoms with van der Waals surface area (Å²) in [4.78, 5) is 36.2. The van der Waals surface area contributed by atoms with E-state index in [-0.39, 0.29) is 23.4 Å². The molecular weight excluding hydrogens is 358 g/mol. The van der Waals surface area contributed by atoms with Crippen molar-refractivity contribution in [2.45, 2.75) is 18.9 Å². The summed E-state index contributed by atoms with van der Waals surface area (Å²) in [6.07, 6.45) is 1.25. The van der Waals surface area contributed by atoms with Gasteiger partial charge in [-0.3, -0.25) is 19.7 Å². The third kappa shape index (κ3) is 3.83. The van der Waals surface area contributed by atoms with Crippen LogP contribution in [0.1, 0.15) is 33.6 Å². The molecule has 2 amide bonds. The summed E-state index contributed by atoms with van der Waals surface area (Å²) >= 11 is 1.46. The van der Waals surface area contributed by atoms with Crippen molar-refractivity contribution in [1.82, 2.24) is 10.2 Å². The van der Waals surface area contributed by atoms with E-state index < -0.39 is 16.4 Å². The topological polar surface area (TPSA) is 113 Å². The number of phenols is 1. The Morgan fingerprint density at radius 2 is 1.96 bits per heavy atom. The monoisotopic (exact) mass is 375 g/mol. The Bertz CT molecular complexity index is 829. The van der Waals surface area contributed by atoms with Gasteiger partial charge in [0.1, 0.15) is 0 Å². The molecule has 1 aromatic carbocycles. The SMILES string of the molecule is O=C(NC1CCN(C(=O)c2ccc([N+](=O)[O-])c(O)c2)CC1)c1ccsc1. The Balaban J connectivity index is 1.57. The van der Waals surface area contributed by atoms with Crippen LogP contribution >= 0.6 is 11.3 Å². The van der Waals surface area contributed by atoms with Crippen LogP contribution < -0.4 is 5.32 Å². The maximum Gasteiger partial charge on any atom is 0.310 e. The first-order valence-electron chi connectivity index (χ1n) is 8.05.